The van der Waals surface area contributed by atoms with Gasteiger partial charge >= 0.3 is 0 Å². The third-order valence-electron chi connectivity index (χ3n) is 3.77. The zero-order valence-electron chi connectivity index (χ0n) is 12.5. The Hall–Kier alpha value is -2.46. The van der Waals surface area contributed by atoms with Crippen LogP contribution in [0.2, 0.25) is 0 Å². The monoisotopic (exact) mass is 323 g/mol. The molecule has 23 heavy (non-hydrogen) atoms. The lowest BCUT2D eigenvalue weighted by Gasteiger charge is -2.18. The van der Waals surface area contributed by atoms with Crippen molar-refractivity contribution in [3.05, 3.63) is 96.3 Å². The zero-order valence-corrected chi connectivity index (χ0v) is 13.4. The minimum absolute atomic E-state index is 0.338. The van der Waals surface area contributed by atoms with Crippen LogP contribution in [0.15, 0.2) is 90.1 Å². The quantitative estimate of drug-likeness (QED) is 0.717. The van der Waals surface area contributed by atoms with E-state index in [1.807, 2.05) is 42.5 Å². The lowest BCUT2D eigenvalue weighted by Crippen LogP contribution is -2.16. The van der Waals surface area contributed by atoms with Gasteiger partial charge in [0, 0.05) is 12.4 Å². The van der Waals surface area contributed by atoms with Gasteiger partial charge in [0.1, 0.15) is 0 Å². The Morgan fingerprint density at radius 1 is 0.826 bits per heavy atom. The fourth-order valence-corrected chi connectivity index (χ4v) is 4.35. The zero-order chi connectivity index (χ0) is 16.1. The summed E-state index contributed by atoms with van der Waals surface area (Å²) < 4.78 is 26.2. The SMILES string of the molecule is O=S(=O)(c1ccccc1)C(Cc1ccccc1)c1cccnc1. The minimum atomic E-state index is -3.49. The second-order valence-electron chi connectivity index (χ2n) is 5.32. The van der Waals surface area contributed by atoms with E-state index in [1.165, 1.54) is 0 Å². The van der Waals surface area contributed by atoms with Gasteiger partial charge in [-0.05, 0) is 35.7 Å². The van der Waals surface area contributed by atoms with Crippen LogP contribution in [-0.2, 0) is 16.3 Å². The molecule has 3 rings (SSSR count). The maximum atomic E-state index is 13.1. The maximum absolute atomic E-state index is 13.1. The van der Waals surface area contributed by atoms with Gasteiger partial charge in [-0.3, -0.25) is 4.98 Å². The molecule has 0 N–H and O–H groups in total. The molecule has 0 amide bonds. The predicted octanol–water partition coefficient (Wildman–Crippen LogP) is 3.84. The van der Waals surface area contributed by atoms with Gasteiger partial charge in [0.05, 0.1) is 10.1 Å². The van der Waals surface area contributed by atoms with E-state index in [1.54, 1.807) is 42.7 Å². The van der Waals surface area contributed by atoms with Crippen LogP contribution < -0.4 is 0 Å². The van der Waals surface area contributed by atoms with Gasteiger partial charge in [0.2, 0.25) is 0 Å². The molecule has 0 fully saturated rings. The van der Waals surface area contributed by atoms with Crippen molar-refractivity contribution in [1.29, 1.82) is 0 Å². The summed E-state index contributed by atoms with van der Waals surface area (Å²) in [6.45, 7) is 0. The number of aromatic nitrogens is 1. The third kappa shape index (κ3) is 3.48. The van der Waals surface area contributed by atoms with E-state index in [0.717, 1.165) is 5.56 Å². The molecule has 116 valence electrons. The van der Waals surface area contributed by atoms with Crippen molar-refractivity contribution in [3.63, 3.8) is 0 Å². The molecule has 0 spiro atoms. The van der Waals surface area contributed by atoms with E-state index in [9.17, 15) is 8.42 Å². The van der Waals surface area contributed by atoms with Gasteiger partial charge in [-0.15, -0.1) is 0 Å². The van der Waals surface area contributed by atoms with Crippen LogP contribution >= 0.6 is 0 Å². The van der Waals surface area contributed by atoms with E-state index < -0.39 is 15.1 Å². The molecule has 1 unspecified atom stereocenters. The molecule has 0 aliphatic rings. The molecule has 0 bridgehead atoms. The first-order valence-corrected chi connectivity index (χ1v) is 8.95. The lowest BCUT2D eigenvalue weighted by molar-refractivity contribution is 0.580. The number of sulfone groups is 1. The van der Waals surface area contributed by atoms with Gasteiger partial charge in [-0.2, -0.15) is 0 Å². The third-order valence-corrected chi connectivity index (χ3v) is 5.88. The fraction of sp³-hybridized carbons (Fsp3) is 0.105. The van der Waals surface area contributed by atoms with Crippen LogP contribution in [0.3, 0.4) is 0 Å². The number of rotatable bonds is 5. The molecule has 0 saturated heterocycles. The van der Waals surface area contributed by atoms with Gasteiger partial charge in [-0.25, -0.2) is 8.42 Å². The van der Waals surface area contributed by atoms with Crippen LogP contribution in [0.4, 0.5) is 0 Å². The molecule has 0 saturated carbocycles. The molecular weight excluding hydrogens is 306 g/mol. The molecule has 1 heterocycles. The van der Waals surface area contributed by atoms with Crippen molar-refractivity contribution in [2.45, 2.75) is 16.6 Å². The van der Waals surface area contributed by atoms with Crippen LogP contribution in [0.1, 0.15) is 16.4 Å². The van der Waals surface area contributed by atoms with E-state index in [4.69, 9.17) is 0 Å². The van der Waals surface area contributed by atoms with Crippen LogP contribution in [0.5, 0.6) is 0 Å². The summed E-state index contributed by atoms with van der Waals surface area (Å²) in [5.74, 6) is 0. The van der Waals surface area contributed by atoms with Crippen molar-refractivity contribution in [3.8, 4) is 0 Å². The van der Waals surface area contributed by atoms with E-state index in [-0.39, 0.29) is 0 Å². The van der Waals surface area contributed by atoms with E-state index in [2.05, 4.69) is 4.98 Å². The largest absolute Gasteiger partial charge is 0.264 e. The summed E-state index contributed by atoms with van der Waals surface area (Å²) in [6, 6.07) is 21.8. The molecule has 0 aliphatic carbocycles. The van der Waals surface area contributed by atoms with Crippen LogP contribution in [0, 0.1) is 0 Å². The normalized spacial score (nSPS) is 12.7. The van der Waals surface area contributed by atoms with Gasteiger partial charge < -0.3 is 0 Å². The second kappa shape index (κ2) is 6.75. The molecule has 4 heteroatoms. The van der Waals surface area contributed by atoms with Crippen molar-refractivity contribution in [1.82, 2.24) is 4.98 Å². The molecule has 3 aromatic rings. The number of benzene rings is 2. The van der Waals surface area contributed by atoms with Crippen molar-refractivity contribution in [2.75, 3.05) is 0 Å². The Kier molecular flexibility index (Phi) is 4.53. The Morgan fingerprint density at radius 3 is 2.09 bits per heavy atom. The minimum Gasteiger partial charge on any atom is -0.264 e. The summed E-state index contributed by atoms with van der Waals surface area (Å²) in [4.78, 5) is 4.43. The average Bonchev–Trinajstić information content (AvgIpc) is 2.62. The standard InChI is InChI=1S/C19H17NO2S/c21-23(22,18-11-5-2-6-12-18)19(17-10-7-13-20-15-17)14-16-8-3-1-4-9-16/h1-13,15,19H,14H2. The van der Waals surface area contributed by atoms with Crippen molar-refractivity contribution in [2.24, 2.45) is 0 Å². The van der Waals surface area contributed by atoms with Crippen LogP contribution in [0.25, 0.3) is 0 Å². The molecule has 3 nitrogen and oxygen atoms in total. The molecule has 1 atom stereocenters. The highest BCUT2D eigenvalue weighted by Gasteiger charge is 2.29. The van der Waals surface area contributed by atoms with Gasteiger partial charge in [0.15, 0.2) is 9.84 Å². The lowest BCUT2D eigenvalue weighted by atomic mass is 10.1. The topological polar surface area (TPSA) is 47.0 Å². The summed E-state index contributed by atoms with van der Waals surface area (Å²) in [5.41, 5.74) is 1.70. The molecule has 0 aliphatic heterocycles. The highest BCUT2D eigenvalue weighted by atomic mass is 32.2. The number of hydrogen-bond donors (Lipinski definition) is 0. The highest BCUT2D eigenvalue weighted by molar-refractivity contribution is 7.91. The molecule has 0 radical (unpaired) electrons. The molecule has 2 aromatic carbocycles. The van der Waals surface area contributed by atoms with Gasteiger partial charge in [-0.1, -0.05) is 54.6 Å². The Morgan fingerprint density at radius 2 is 1.48 bits per heavy atom. The Bertz CT molecular complexity index is 848. The predicted molar refractivity (Wildman–Crippen MR) is 90.8 cm³/mol. The van der Waals surface area contributed by atoms with Crippen LogP contribution in [-0.4, -0.2) is 13.4 Å². The first-order valence-electron chi connectivity index (χ1n) is 7.41. The van der Waals surface area contributed by atoms with E-state index >= 15 is 0 Å². The summed E-state index contributed by atoms with van der Waals surface area (Å²) >= 11 is 0. The maximum Gasteiger partial charge on any atom is 0.185 e. The Balaban J connectivity index is 2.05. The second-order valence-corrected chi connectivity index (χ2v) is 7.45. The van der Waals surface area contributed by atoms with E-state index in [0.29, 0.717) is 16.9 Å². The number of pyridine rings is 1. The average molecular weight is 323 g/mol. The van der Waals surface area contributed by atoms with Gasteiger partial charge in [0.25, 0.3) is 0 Å². The molecular formula is C19H17NO2S. The summed E-state index contributed by atoms with van der Waals surface area (Å²) in [7, 11) is -3.49. The summed E-state index contributed by atoms with van der Waals surface area (Å²) in [6.07, 6.45) is 3.70. The number of hydrogen-bond acceptors (Lipinski definition) is 3. The van der Waals surface area contributed by atoms with Crippen molar-refractivity contribution >= 4 is 9.84 Å². The first kappa shape index (κ1) is 15.4. The fourth-order valence-electron chi connectivity index (χ4n) is 2.58. The summed E-state index contributed by atoms with van der Waals surface area (Å²) in [5, 5.41) is -0.652. The number of nitrogens with zero attached hydrogens (tertiary/aromatic N) is 1. The first-order chi connectivity index (χ1) is 11.2. The smallest absolute Gasteiger partial charge is 0.185 e. The van der Waals surface area contributed by atoms with Crippen molar-refractivity contribution < 1.29 is 8.42 Å². The highest BCUT2D eigenvalue weighted by Crippen LogP contribution is 2.31. The Labute approximate surface area is 136 Å². The molecule has 1 aromatic heterocycles.